The van der Waals surface area contributed by atoms with Gasteiger partial charge in [0.15, 0.2) is 0 Å². The van der Waals surface area contributed by atoms with Crippen LogP contribution in [0.4, 0.5) is 0 Å². The summed E-state index contributed by atoms with van der Waals surface area (Å²) in [5.41, 5.74) is 1.16. The molecule has 0 fully saturated rings. The van der Waals surface area contributed by atoms with Crippen molar-refractivity contribution in [1.82, 2.24) is 5.32 Å². The quantitative estimate of drug-likeness (QED) is 0.486. The van der Waals surface area contributed by atoms with Gasteiger partial charge in [0.25, 0.3) is 0 Å². The van der Waals surface area contributed by atoms with Gasteiger partial charge in [-0.3, -0.25) is 0 Å². The molecule has 0 radical (unpaired) electrons. The molecule has 136 valence electrons. The molecule has 1 aromatic carbocycles. The second-order valence-electron chi connectivity index (χ2n) is 5.36. The zero-order chi connectivity index (χ0) is 18.5. The van der Waals surface area contributed by atoms with Gasteiger partial charge in [-0.2, -0.15) is 0 Å². The number of hydrogen-bond acceptors (Lipinski definition) is 4. The molecule has 0 aromatic heterocycles. The fourth-order valence-electron chi connectivity index (χ4n) is 1.62. The molecule has 3 N–H and O–H groups in total. The van der Waals surface area contributed by atoms with Crippen LogP contribution in [-0.2, 0) is 9.59 Å². The Balaban J connectivity index is 0.000000754. The Morgan fingerprint density at radius 3 is 2.38 bits per heavy atom. The van der Waals surface area contributed by atoms with Crippen molar-refractivity contribution in [3.8, 4) is 5.75 Å². The number of aryl methyl sites for hydroxylation is 1. The standard InChI is InChI=1S/C15H24ClNO.C2H2O4/c1-4-13(3)17-9-5-6-10-18-15-8-7-12(2)11-14(15)16;3-1(4)2(5)6/h7-8,11,13,17H,4-6,9-10H2,1-3H3;(H,3,4)(H,5,6). The number of rotatable bonds is 8. The molecule has 0 aliphatic rings. The van der Waals surface area contributed by atoms with Crippen molar-refractivity contribution in [3.05, 3.63) is 28.8 Å². The molecule has 0 bridgehead atoms. The van der Waals surface area contributed by atoms with Crippen LogP contribution in [0.5, 0.6) is 5.75 Å². The molecule has 6 nitrogen and oxygen atoms in total. The van der Waals surface area contributed by atoms with Crippen LogP contribution >= 0.6 is 11.6 Å². The van der Waals surface area contributed by atoms with E-state index in [-0.39, 0.29) is 0 Å². The molecule has 24 heavy (non-hydrogen) atoms. The highest BCUT2D eigenvalue weighted by molar-refractivity contribution is 6.32. The molecule has 7 heteroatoms. The van der Waals surface area contributed by atoms with E-state index in [4.69, 9.17) is 36.1 Å². The molecule has 1 atom stereocenters. The molecule has 0 saturated heterocycles. The first-order valence-electron chi connectivity index (χ1n) is 7.86. The molecule has 0 aliphatic heterocycles. The van der Waals surface area contributed by atoms with Crippen LogP contribution in [0.3, 0.4) is 0 Å². The Labute approximate surface area is 147 Å². The number of carboxylic acid groups (broad SMARTS) is 2. The zero-order valence-corrected chi connectivity index (χ0v) is 15.1. The first kappa shape index (κ1) is 22.2. The van der Waals surface area contributed by atoms with Crippen LogP contribution in [0.2, 0.25) is 5.02 Å². The van der Waals surface area contributed by atoms with Gasteiger partial charge in [-0.25, -0.2) is 9.59 Å². The minimum atomic E-state index is -1.82. The average molecular weight is 360 g/mol. The Bertz CT molecular complexity index is 510. The lowest BCUT2D eigenvalue weighted by Crippen LogP contribution is -2.26. The summed E-state index contributed by atoms with van der Waals surface area (Å²) < 4.78 is 5.67. The molecule has 0 aliphatic carbocycles. The Morgan fingerprint density at radius 2 is 1.88 bits per heavy atom. The molecule has 1 rings (SSSR count). The van der Waals surface area contributed by atoms with Crippen LogP contribution in [-0.4, -0.2) is 41.3 Å². The van der Waals surface area contributed by atoms with Gasteiger partial charge in [-0.05, 0) is 57.4 Å². The van der Waals surface area contributed by atoms with Gasteiger partial charge in [0.05, 0.1) is 11.6 Å². The topological polar surface area (TPSA) is 95.9 Å². The highest BCUT2D eigenvalue weighted by atomic mass is 35.5. The van der Waals surface area contributed by atoms with Crippen LogP contribution in [0.15, 0.2) is 18.2 Å². The maximum Gasteiger partial charge on any atom is 0.414 e. The van der Waals surface area contributed by atoms with E-state index in [2.05, 4.69) is 19.2 Å². The lowest BCUT2D eigenvalue weighted by molar-refractivity contribution is -0.159. The minimum absolute atomic E-state index is 0.609. The lowest BCUT2D eigenvalue weighted by atomic mass is 10.2. The van der Waals surface area contributed by atoms with E-state index in [1.807, 2.05) is 25.1 Å². The molecular formula is C17H26ClNO5. The summed E-state index contributed by atoms with van der Waals surface area (Å²) in [6, 6.07) is 6.50. The summed E-state index contributed by atoms with van der Waals surface area (Å²) in [6.45, 7) is 8.21. The fraction of sp³-hybridized carbons (Fsp3) is 0.529. The van der Waals surface area contributed by atoms with Crippen molar-refractivity contribution in [2.45, 2.75) is 46.1 Å². The van der Waals surface area contributed by atoms with Gasteiger partial charge in [0.1, 0.15) is 5.75 Å². The van der Waals surface area contributed by atoms with E-state index in [0.717, 1.165) is 37.3 Å². The highest BCUT2D eigenvalue weighted by Gasteiger charge is 2.04. The van der Waals surface area contributed by atoms with Crippen molar-refractivity contribution in [2.24, 2.45) is 0 Å². The van der Waals surface area contributed by atoms with E-state index < -0.39 is 11.9 Å². The van der Waals surface area contributed by atoms with E-state index in [1.165, 1.54) is 6.42 Å². The van der Waals surface area contributed by atoms with Gasteiger partial charge >= 0.3 is 11.9 Å². The third-order valence-electron chi connectivity index (χ3n) is 3.20. The monoisotopic (exact) mass is 359 g/mol. The number of nitrogens with one attached hydrogen (secondary N) is 1. The number of carboxylic acids is 2. The largest absolute Gasteiger partial charge is 0.492 e. The Hall–Kier alpha value is -1.79. The van der Waals surface area contributed by atoms with Crippen LogP contribution < -0.4 is 10.1 Å². The number of aliphatic carboxylic acids is 2. The van der Waals surface area contributed by atoms with Crippen LogP contribution in [0, 0.1) is 6.92 Å². The van der Waals surface area contributed by atoms with Crippen molar-refractivity contribution >= 4 is 23.5 Å². The predicted molar refractivity (Wildman–Crippen MR) is 93.9 cm³/mol. The molecule has 1 aromatic rings. The second-order valence-corrected chi connectivity index (χ2v) is 5.77. The smallest absolute Gasteiger partial charge is 0.414 e. The van der Waals surface area contributed by atoms with Crippen molar-refractivity contribution < 1.29 is 24.5 Å². The van der Waals surface area contributed by atoms with Gasteiger partial charge in [0.2, 0.25) is 0 Å². The predicted octanol–water partition coefficient (Wildman–Crippen LogP) is 3.35. The number of carbonyl (C=O) groups is 2. The van der Waals surface area contributed by atoms with Crippen molar-refractivity contribution in [1.29, 1.82) is 0 Å². The van der Waals surface area contributed by atoms with E-state index in [0.29, 0.717) is 11.1 Å². The van der Waals surface area contributed by atoms with Crippen molar-refractivity contribution in [3.63, 3.8) is 0 Å². The fourth-order valence-corrected chi connectivity index (χ4v) is 1.91. The minimum Gasteiger partial charge on any atom is -0.492 e. The average Bonchev–Trinajstić information content (AvgIpc) is 2.52. The lowest BCUT2D eigenvalue weighted by Gasteiger charge is -2.11. The summed E-state index contributed by atoms with van der Waals surface area (Å²) in [7, 11) is 0. The molecule has 0 saturated carbocycles. The number of halogens is 1. The highest BCUT2D eigenvalue weighted by Crippen LogP contribution is 2.25. The SMILES string of the molecule is CCC(C)NCCCCOc1ccc(C)cc1Cl.O=C(O)C(=O)O. The van der Waals surface area contributed by atoms with Gasteiger partial charge < -0.3 is 20.3 Å². The van der Waals surface area contributed by atoms with Gasteiger partial charge in [-0.15, -0.1) is 0 Å². The van der Waals surface area contributed by atoms with Crippen LogP contribution in [0.1, 0.15) is 38.7 Å². The Kier molecular flexibility index (Phi) is 11.7. The maximum absolute atomic E-state index is 9.10. The number of benzene rings is 1. The normalized spacial score (nSPS) is 11.2. The van der Waals surface area contributed by atoms with Gasteiger partial charge in [-0.1, -0.05) is 24.6 Å². The van der Waals surface area contributed by atoms with Crippen LogP contribution in [0.25, 0.3) is 0 Å². The Morgan fingerprint density at radius 1 is 1.25 bits per heavy atom. The summed E-state index contributed by atoms with van der Waals surface area (Å²) in [6.07, 6.45) is 3.36. The molecule has 0 spiro atoms. The first-order valence-corrected chi connectivity index (χ1v) is 8.24. The summed E-state index contributed by atoms with van der Waals surface area (Å²) >= 11 is 6.09. The number of ether oxygens (including phenoxy) is 1. The molecular weight excluding hydrogens is 334 g/mol. The summed E-state index contributed by atoms with van der Waals surface area (Å²) in [4.78, 5) is 18.2. The second kappa shape index (κ2) is 12.6. The number of unbranched alkanes of at least 4 members (excludes halogenated alkanes) is 1. The first-order chi connectivity index (χ1) is 11.3. The summed E-state index contributed by atoms with van der Waals surface area (Å²) in [5, 5.41) is 19.0. The third kappa shape index (κ3) is 10.9. The van der Waals surface area contributed by atoms with Crippen molar-refractivity contribution in [2.75, 3.05) is 13.2 Å². The van der Waals surface area contributed by atoms with E-state index >= 15 is 0 Å². The third-order valence-corrected chi connectivity index (χ3v) is 3.50. The number of hydrogen-bond donors (Lipinski definition) is 3. The van der Waals surface area contributed by atoms with E-state index in [9.17, 15) is 0 Å². The van der Waals surface area contributed by atoms with Gasteiger partial charge in [0, 0.05) is 6.04 Å². The van der Waals surface area contributed by atoms with E-state index in [1.54, 1.807) is 0 Å². The maximum atomic E-state index is 9.10. The summed E-state index contributed by atoms with van der Waals surface area (Å²) in [5.74, 6) is -2.86. The molecule has 0 amide bonds. The zero-order valence-electron chi connectivity index (χ0n) is 14.3. The molecule has 1 unspecified atom stereocenters. The molecule has 0 heterocycles.